The van der Waals surface area contributed by atoms with Crippen LogP contribution in [0.3, 0.4) is 0 Å². The van der Waals surface area contributed by atoms with Gasteiger partial charge in [-0.05, 0) is 38.2 Å². The number of aromatic amines is 1. The van der Waals surface area contributed by atoms with E-state index >= 15 is 0 Å². The number of carbonyl (C=O) groups excluding carboxylic acids is 1. The van der Waals surface area contributed by atoms with E-state index in [4.69, 9.17) is 5.11 Å². The van der Waals surface area contributed by atoms with Crippen molar-refractivity contribution in [3.05, 3.63) is 26.6 Å². The second kappa shape index (κ2) is 7.57. The number of carboxylic acid groups (broad SMARTS) is 1. The van der Waals surface area contributed by atoms with Crippen molar-refractivity contribution < 1.29 is 14.7 Å². The molecule has 0 bridgehead atoms. The Morgan fingerprint density at radius 2 is 2.16 bits per heavy atom. The Bertz CT molecular complexity index is 874. The first kappa shape index (κ1) is 17.9. The highest BCUT2D eigenvalue weighted by Gasteiger charge is 2.20. The third kappa shape index (κ3) is 4.04. The lowest BCUT2D eigenvalue weighted by Crippen LogP contribution is -2.39. The van der Waals surface area contributed by atoms with Crippen molar-refractivity contribution in [3.63, 3.8) is 0 Å². The molecule has 0 aliphatic heterocycles. The van der Waals surface area contributed by atoms with Crippen LogP contribution in [0, 0.1) is 0 Å². The van der Waals surface area contributed by atoms with Crippen molar-refractivity contribution in [2.45, 2.75) is 44.4 Å². The van der Waals surface area contributed by atoms with Crippen LogP contribution < -0.4 is 10.9 Å². The number of fused-ring (bicyclic) bond motifs is 3. The summed E-state index contributed by atoms with van der Waals surface area (Å²) in [6.07, 6.45) is 4.22. The van der Waals surface area contributed by atoms with Gasteiger partial charge in [0, 0.05) is 4.88 Å². The molecule has 2 aromatic heterocycles. The van der Waals surface area contributed by atoms with E-state index in [1.165, 1.54) is 23.6 Å². The predicted octanol–water partition coefficient (Wildman–Crippen LogP) is 1.69. The predicted molar refractivity (Wildman–Crippen MR) is 98.3 cm³/mol. The third-order valence-electron chi connectivity index (χ3n) is 4.09. The standard InChI is InChI=1S/C16H19N3O4S2/c1-8(16(22)23)17-12(20)7-24-6-11-18-14(21)13-9-4-2-3-5-10(9)25-15(13)19-11/h8H,2-7H2,1H3,(H,17,20)(H,22,23)(H,18,19,21). The second-order valence-electron chi connectivity index (χ2n) is 6.02. The summed E-state index contributed by atoms with van der Waals surface area (Å²) in [5, 5.41) is 11.9. The quantitative estimate of drug-likeness (QED) is 0.702. The molecule has 25 heavy (non-hydrogen) atoms. The van der Waals surface area contributed by atoms with Gasteiger partial charge in [0.25, 0.3) is 5.56 Å². The number of amides is 1. The lowest BCUT2D eigenvalue weighted by atomic mass is 9.97. The molecular formula is C16H19N3O4S2. The van der Waals surface area contributed by atoms with E-state index in [0.717, 1.165) is 41.5 Å². The van der Waals surface area contributed by atoms with Gasteiger partial charge in [-0.3, -0.25) is 14.4 Å². The van der Waals surface area contributed by atoms with Gasteiger partial charge in [0.1, 0.15) is 16.7 Å². The molecule has 1 aliphatic rings. The van der Waals surface area contributed by atoms with Crippen LogP contribution in [-0.4, -0.2) is 38.7 Å². The lowest BCUT2D eigenvalue weighted by molar-refractivity contribution is -0.140. The van der Waals surface area contributed by atoms with Gasteiger partial charge >= 0.3 is 5.97 Å². The molecule has 1 unspecified atom stereocenters. The van der Waals surface area contributed by atoms with Crippen LogP contribution >= 0.6 is 23.1 Å². The minimum absolute atomic E-state index is 0.107. The van der Waals surface area contributed by atoms with Gasteiger partial charge in [-0.15, -0.1) is 23.1 Å². The molecule has 0 saturated carbocycles. The molecule has 2 heterocycles. The topological polar surface area (TPSA) is 112 Å². The highest BCUT2D eigenvalue weighted by Crippen LogP contribution is 2.33. The summed E-state index contributed by atoms with van der Waals surface area (Å²) in [5.41, 5.74) is 1.05. The van der Waals surface area contributed by atoms with E-state index in [0.29, 0.717) is 11.6 Å². The average Bonchev–Trinajstić information content (AvgIpc) is 2.93. The number of carboxylic acids is 1. The number of rotatable bonds is 6. The maximum Gasteiger partial charge on any atom is 0.325 e. The van der Waals surface area contributed by atoms with Gasteiger partial charge < -0.3 is 15.4 Å². The molecule has 0 spiro atoms. The zero-order valence-electron chi connectivity index (χ0n) is 13.8. The molecule has 1 amide bonds. The summed E-state index contributed by atoms with van der Waals surface area (Å²) < 4.78 is 0. The Kier molecular flexibility index (Phi) is 5.43. The molecule has 0 fully saturated rings. The fraction of sp³-hybridized carbons (Fsp3) is 0.500. The molecule has 134 valence electrons. The third-order valence-corrected chi connectivity index (χ3v) is 6.22. The molecule has 3 rings (SSSR count). The number of nitrogens with zero attached hydrogens (tertiary/aromatic N) is 1. The van der Waals surface area contributed by atoms with E-state index < -0.39 is 12.0 Å². The smallest absolute Gasteiger partial charge is 0.325 e. The van der Waals surface area contributed by atoms with Gasteiger partial charge in [-0.25, -0.2) is 4.98 Å². The van der Waals surface area contributed by atoms with E-state index in [2.05, 4.69) is 15.3 Å². The van der Waals surface area contributed by atoms with E-state index in [1.54, 1.807) is 11.3 Å². The van der Waals surface area contributed by atoms with Crippen LogP contribution in [0.5, 0.6) is 0 Å². The normalized spacial score (nSPS) is 14.9. The molecule has 7 nitrogen and oxygen atoms in total. The first-order valence-electron chi connectivity index (χ1n) is 8.09. The van der Waals surface area contributed by atoms with Gasteiger partial charge in [0.2, 0.25) is 5.91 Å². The first-order valence-corrected chi connectivity index (χ1v) is 10.1. The van der Waals surface area contributed by atoms with Crippen LogP contribution in [0.15, 0.2) is 4.79 Å². The minimum Gasteiger partial charge on any atom is -0.480 e. The van der Waals surface area contributed by atoms with E-state index in [-0.39, 0.29) is 17.2 Å². The highest BCUT2D eigenvalue weighted by atomic mass is 32.2. The van der Waals surface area contributed by atoms with Crippen molar-refractivity contribution in [2.75, 3.05) is 5.75 Å². The number of carbonyl (C=O) groups is 2. The van der Waals surface area contributed by atoms with Gasteiger partial charge in [0.05, 0.1) is 16.9 Å². The number of aromatic nitrogens is 2. The number of hydrogen-bond acceptors (Lipinski definition) is 6. The number of nitrogens with one attached hydrogen (secondary N) is 2. The fourth-order valence-electron chi connectivity index (χ4n) is 2.86. The van der Waals surface area contributed by atoms with Crippen molar-refractivity contribution in [3.8, 4) is 0 Å². The largest absolute Gasteiger partial charge is 0.480 e. The number of thioether (sulfide) groups is 1. The molecule has 0 radical (unpaired) electrons. The number of hydrogen-bond donors (Lipinski definition) is 3. The zero-order valence-corrected chi connectivity index (χ0v) is 15.4. The molecule has 2 aromatic rings. The SMILES string of the molecule is CC(NC(=O)CSCc1nc2sc3c(c2c(=O)[nH]1)CCCC3)C(=O)O. The summed E-state index contributed by atoms with van der Waals surface area (Å²) in [4.78, 5) is 44.2. The van der Waals surface area contributed by atoms with Gasteiger partial charge in [-0.1, -0.05) is 0 Å². The Morgan fingerprint density at radius 3 is 2.92 bits per heavy atom. The Morgan fingerprint density at radius 1 is 1.40 bits per heavy atom. The van der Waals surface area contributed by atoms with Crippen LogP contribution in [0.1, 0.15) is 36.0 Å². The van der Waals surface area contributed by atoms with Crippen LogP contribution in [0.4, 0.5) is 0 Å². The van der Waals surface area contributed by atoms with Crippen LogP contribution in [-0.2, 0) is 28.2 Å². The molecule has 9 heteroatoms. The van der Waals surface area contributed by atoms with Crippen molar-refractivity contribution in [2.24, 2.45) is 0 Å². The fourth-order valence-corrected chi connectivity index (χ4v) is 4.84. The number of H-pyrrole nitrogens is 1. The van der Waals surface area contributed by atoms with Crippen LogP contribution in [0.25, 0.3) is 10.2 Å². The molecule has 1 atom stereocenters. The average molecular weight is 381 g/mol. The summed E-state index contributed by atoms with van der Waals surface area (Å²) in [7, 11) is 0. The minimum atomic E-state index is -1.07. The molecule has 1 aliphatic carbocycles. The maximum atomic E-state index is 12.4. The number of thiophene rings is 1. The summed E-state index contributed by atoms with van der Waals surface area (Å²) in [5.74, 6) is -0.380. The second-order valence-corrected chi connectivity index (χ2v) is 8.09. The monoisotopic (exact) mass is 381 g/mol. The maximum absolute atomic E-state index is 12.4. The summed E-state index contributed by atoms with van der Waals surface area (Å²) >= 11 is 2.88. The van der Waals surface area contributed by atoms with E-state index in [1.807, 2.05) is 0 Å². The molecule has 3 N–H and O–H groups in total. The molecular weight excluding hydrogens is 362 g/mol. The van der Waals surface area contributed by atoms with Crippen LogP contribution in [0.2, 0.25) is 0 Å². The highest BCUT2D eigenvalue weighted by molar-refractivity contribution is 7.99. The summed E-state index contributed by atoms with van der Waals surface area (Å²) in [6, 6.07) is -0.917. The Balaban J connectivity index is 1.66. The summed E-state index contributed by atoms with van der Waals surface area (Å²) in [6.45, 7) is 1.41. The zero-order chi connectivity index (χ0) is 18.0. The van der Waals surface area contributed by atoms with Crippen molar-refractivity contribution >= 4 is 45.2 Å². The van der Waals surface area contributed by atoms with Crippen molar-refractivity contribution in [1.29, 1.82) is 0 Å². The first-order chi connectivity index (χ1) is 12.0. The van der Waals surface area contributed by atoms with Crippen molar-refractivity contribution in [1.82, 2.24) is 15.3 Å². The Labute approximate surface area is 152 Å². The number of aliphatic carboxylic acids is 1. The molecule has 0 aromatic carbocycles. The van der Waals surface area contributed by atoms with E-state index in [9.17, 15) is 14.4 Å². The lowest BCUT2D eigenvalue weighted by Gasteiger charge is -2.09. The Hall–Kier alpha value is -1.87. The number of aryl methyl sites for hydroxylation is 2. The van der Waals surface area contributed by atoms with Gasteiger partial charge in [0.15, 0.2) is 0 Å². The molecule has 0 saturated heterocycles. The van der Waals surface area contributed by atoms with Gasteiger partial charge in [-0.2, -0.15) is 0 Å².